The minimum atomic E-state index is 0.134. The number of aromatic hydroxyl groups is 2. The minimum absolute atomic E-state index is 0.134. The maximum Gasteiger partial charge on any atom is 0.119 e. The SMILES string of the molecule is CCC(C)C(C)c1cc(O)cc(O)c1. The van der Waals surface area contributed by atoms with Gasteiger partial charge in [-0.1, -0.05) is 27.2 Å². The van der Waals surface area contributed by atoms with Gasteiger partial charge in [0.05, 0.1) is 0 Å². The Hall–Kier alpha value is -1.18. The van der Waals surface area contributed by atoms with E-state index in [9.17, 15) is 10.2 Å². The summed E-state index contributed by atoms with van der Waals surface area (Å²) in [6.45, 7) is 6.43. The maximum atomic E-state index is 9.34. The van der Waals surface area contributed by atoms with E-state index >= 15 is 0 Å². The highest BCUT2D eigenvalue weighted by Gasteiger charge is 2.13. The number of hydrogen-bond acceptors (Lipinski definition) is 2. The summed E-state index contributed by atoms with van der Waals surface area (Å²) in [4.78, 5) is 0. The average Bonchev–Trinajstić information content (AvgIpc) is 2.14. The van der Waals surface area contributed by atoms with Gasteiger partial charge >= 0.3 is 0 Å². The summed E-state index contributed by atoms with van der Waals surface area (Å²) in [5, 5.41) is 18.7. The summed E-state index contributed by atoms with van der Waals surface area (Å²) in [6.07, 6.45) is 1.09. The normalized spacial score (nSPS) is 15.1. The van der Waals surface area contributed by atoms with Gasteiger partial charge in [-0.05, 0) is 29.5 Å². The molecule has 0 aliphatic carbocycles. The molecule has 2 unspecified atom stereocenters. The third-order valence-corrected chi connectivity index (χ3v) is 2.95. The van der Waals surface area contributed by atoms with Gasteiger partial charge in [0.25, 0.3) is 0 Å². The monoisotopic (exact) mass is 194 g/mol. The van der Waals surface area contributed by atoms with Gasteiger partial charge in [0, 0.05) is 6.07 Å². The van der Waals surface area contributed by atoms with Crippen molar-refractivity contribution in [1.29, 1.82) is 0 Å². The fourth-order valence-electron chi connectivity index (χ4n) is 1.56. The van der Waals surface area contributed by atoms with Crippen molar-refractivity contribution in [3.05, 3.63) is 23.8 Å². The molecule has 2 N–H and O–H groups in total. The smallest absolute Gasteiger partial charge is 0.119 e. The Bertz CT molecular complexity index is 287. The van der Waals surface area contributed by atoms with Crippen LogP contribution in [0.5, 0.6) is 11.5 Å². The first-order chi connectivity index (χ1) is 6.54. The molecule has 14 heavy (non-hydrogen) atoms. The van der Waals surface area contributed by atoms with Crippen molar-refractivity contribution < 1.29 is 10.2 Å². The van der Waals surface area contributed by atoms with E-state index in [4.69, 9.17) is 0 Å². The number of hydrogen-bond donors (Lipinski definition) is 2. The van der Waals surface area contributed by atoms with E-state index in [0.29, 0.717) is 11.8 Å². The van der Waals surface area contributed by atoms with Crippen molar-refractivity contribution in [1.82, 2.24) is 0 Å². The van der Waals surface area contributed by atoms with Gasteiger partial charge in [0.1, 0.15) is 11.5 Å². The lowest BCUT2D eigenvalue weighted by atomic mass is 9.87. The van der Waals surface area contributed by atoms with Crippen molar-refractivity contribution in [3.8, 4) is 11.5 Å². The second kappa shape index (κ2) is 4.36. The van der Waals surface area contributed by atoms with Crippen molar-refractivity contribution in [3.63, 3.8) is 0 Å². The molecule has 2 atom stereocenters. The molecule has 0 aromatic heterocycles. The summed E-state index contributed by atoms with van der Waals surface area (Å²) in [6, 6.07) is 4.79. The van der Waals surface area contributed by atoms with Crippen LogP contribution in [-0.4, -0.2) is 10.2 Å². The maximum absolute atomic E-state index is 9.34. The Labute approximate surface area is 85.2 Å². The molecule has 0 fully saturated rings. The predicted molar refractivity (Wildman–Crippen MR) is 57.6 cm³/mol. The quantitative estimate of drug-likeness (QED) is 0.775. The zero-order valence-corrected chi connectivity index (χ0v) is 8.99. The molecule has 0 saturated heterocycles. The Morgan fingerprint density at radius 3 is 2.00 bits per heavy atom. The first kappa shape index (κ1) is 10.9. The zero-order chi connectivity index (χ0) is 10.7. The molecule has 0 aliphatic rings. The average molecular weight is 194 g/mol. The van der Waals surface area contributed by atoms with Crippen LogP contribution in [0, 0.1) is 5.92 Å². The predicted octanol–water partition coefficient (Wildman–Crippen LogP) is 3.25. The van der Waals surface area contributed by atoms with E-state index in [0.717, 1.165) is 12.0 Å². The molecule has 78 valence electrons. The molecular weight excluding hydrogens is 176 g/mol. The lowest BCUT2D eigenvalue weighted by molar-refractivity contribution is 0.438. The fourth-order valence-corrected chi connectivity index (χ4v) is 1.56. The Morgan fingerprint density at radius 1 is 1.07 bits per heavy atom. The van der Waals surface area contributed by atoms with Crippen LogP contribution in [0.25, 0.3) is 0 Å². The van der Waals surface area contributed by atoms with Crippen LogP contribution in [-0.2, 0) is 0 Å². The summed E-state index contributed by atoms with van der Waals surface area (Å²) in [5.41, 5.74) is 0.997. The largest absolute Gasteiger partial charge is 0.508 e. The number of phenols is 2. The Morgan fingerprint density at radius 2 is 1.57 bits per heavy atom. The van der Waals surface area contributed by atoms with Crippen LogP contribution in [0.3, 0.4) is 0 Å². The Balaban J connectivity index is 2.94. The highest BCUT2D eigenvalue weighted by atomic mass is 16.3. The fraction of sp³-hybridized carbons (Fsp3) is 0.500. The van der Waals surface area contributed by atoms with E-state index in [2.05, 4.69) is 20.8 Å². The van der Waals surface area contributed by atoms with Gasteiger partial charge in [0.2, 0.25) is 0 Å². The molecule has 0 heterocycles. The molecule has 1 aromatic carbocycles. The lowest BCUT2D eigenvalue weighted by Crippen LogP contribution is -2.04. The number of benzene rings is 1. The first-order valence-corrected chi connectivity index (χ1v) is 5.07. The van der Waals surface area contributed by atoms with E-state index in [1.165, 1.54) is 6.07 Å². The lowest BCUT2D eigenvalue weighted by Gasteiger charge is -2.18. The van der Waals surface area contributed by atoms with Gasteiger partial charge in [-0.15, -0.1) is 0 Å². The van der Waals surface area contributed by atoms with Crippen molar-refractivity contribution in [2.45, 2.75) is 33.1 Å². The van der Waals surface area contributed by atoms with E-state index in [1.54, 1.807) is 12.1 Å². The molecule has 0 saturated carbocycles. The molecular formula is C12H18O2. The summed E-state index contributed by atoms with van der Waals surface area (Å²) in [7, 11) is 0. The Kier molecular flexibility index (Phi) is 3.39. The second-order valence-electron chi connectivity index (χ2n) is 3.96. The number of rotatable bonds is 3. The highest BCUT2D eigenvalue weighted by Crippen LogP contribution is 2.31. The van der Waals surface area contributed by atoms with E-state index < -0.39 is 0 Å². The molecule has 2 heteroatoms. The summed E-state index contributed by atoms with van der Waals surface area (Å²) < 4.78 is 0. The van der Waals surface area contributed by atoms with Crippen LogP contribution < -0.4 is 0 Å². The van der Waals surface area contributed by atoms with Crippen molar-refractivity contribution in [2.24, 2.45) is 5.92 Å². The molecule has 0 bridgehead atoms. The van der Waals surface area contributed by atoms with E-state index in [1.807, 2.05) is 0 Å². The third-order valence-electron chi connectivity index (χ3n) is 2.95. The van der Waals surface area contributed by atoms with Crippen LogP contribution in [0.4, 0.5) is 0 Å². The van der Waals surface area contributed by atoms with Gasteiger partial charge in [-0.25, -0.2) is 0 Å². The third kappa shape index (κ3) is 2.41. The zero-order valence-electron chi connectivity index (χ0n) is 8.99. The van der Waals surface area contributed by atoms with Crippen LogP contribution in [0.1, 0.15) is 38.7 Å². The molecule has 0 radical (unpaired) electrons. The van der Waals surface area contributed by atoms with Crippen molar-refractivity contribution >= 4 is 0 Å². The molecule has 1 rings (SSSR count). The molecule has 0 amide bonds. The first-order valence-electron chi connectivity index (χ1n) is 5.07. The topological polar surface area (TPSA) is 40.5 Å². The molecule has 1 aromatic rings. The van der Waals surface area contributed by atoms with Gasteiger partial charge in [0.15, 0.2) is 0 Å². The standard InChI is InChI=1S/C12H18O2/c1-4-8(2)9(3)10-5-11(13)7-12(14)6-10/h5-9,13-14H,4H2,1-3H3. The molecule has 0 spiro atoms. The van der Waals surface area contributed by atoms with Crippen LogP contribution in [0.2, 0.25) is 0 Å². The minimum Gasteiger partial charge on any atom is -0.508 e. The number of phenolic OH excluding ortho intramolecular Hbond substituents is 2. The summed E-state index contributed by atoms with van der Waals surface area (Å²) in [5.74, 6) is 1.18. The molecule has 0 aliphatic heterocycles. The van der Waals surface area contributed by atoms with Gasteiger partial charge < -0.3 is 10.2 Å². The van der Waals surface area contributed by atoms with Gasteiger partial charge in [-0.3, -0.25) is 0 Å². The van der Waals surface area contributed by atoms with Crippen LogP contribution >= 0.6 is 0 Å². The summed E-state index contributed by atoms with van der Waals surface area (Å²) >= 11 is 0. The van der Waals surface area contributed by atoms with Gasteiger partial charge in [-0.2, -0.15) is 0 Å². The second-order valence-corrected chi connectivity index (χ2v) is 3.96. The molecule has 2 nitrogen and oxygen atoms in total. The van der Waals surface area contributed by atoms with Crippen LogP contribution in [0.15, 0.2) is 18.2 Å². The highest BCUT2D eigenvalue weighted by molar-refractivity contribution is 5.38. The van der Waals surface area contributed by atoms with Crippen molar-refractivity contribution in [2.75, 3.05) is 0 Å². The van der Waals surface area contributed by atoms with E-state index in [-0.39, 0.29) is 11.5 Å².